The van der Waals surface area contributed by atoms with Crippen molar-refractivity contribution in [1.29, 1.82) is 0 Å². The number of amides is 1. The molecule has 0 atom stereocenters. The Hall–Kier alpha value is -0.780. The Balaban J connectivity index is 2.76. The number of hydrogen-bond donors (Lipinski definition) is 1. The fourth-order valence-corrected chi connectivity index (χ4v) is 1.82. The second-order valence-electron chi connectivity index (χ2n) is 3.45. The van der Waals surface area contributed by atoms with Crippen LogP contribution in [0.25, 0.3) is 0 Å². The Bertz CT molecular complexity index is 366. The molecule has 0 saturated carbocycles. The van der Waals surface area contributed by atoms with Gasteiger partial charge in [0.25, 0.3) is 5.91 Å². The summed E-state index contributed by atoms with van der Waals surface area (Å²) in [5.41, 5.74) is 0.602. The van der Waals surface area contributed by atoms with Crippen LogP contribution in [0.1, 0.15) is 30.1 Å². The number of ether oxygens (including phenoxy) is 1. The van der Waals surface area contributed by atoms with Crippen LogP contribution in [0.4, 0.5) is 0 Å². The molecule has 1 aromatic carbocycles. The average Bonchev–Trinajstić information content (AvgIpc) is 2.29. The highest BCUT2D eigenvalue weighted by Crippen LogP contribution is 2.20. The molecule has 1 N–H and O–H groups in total. The van der Waals surface area contributed by atoms with Crippen LogP contribution in [0.15, 0.2) is 18.2 Å². The SMILES string of the molecule is CCCCNC(=O)c1cc(I)ccc1OC. The van der Waals surface area contributed by atoms with Crippen molar-refractivity contribution in [1.82, 2.24) is 5.32 Å². The summed E-state index contributed by atoms with van der Waals surface area (Å²) in [7, 11) is 1.57. The number of benzene rings is 1. The Morgan fingerprint density at radius 2 is 2.25 bits per heavy atom. The maximum atomic E-state index is 11.9. The van der Waals surface area contributed by atoms with Gasteiger partial charge in [-0.25, -0.2) is 0 Å². The molecule has 0 bridgehead atoms. The van der Waals surface area contributed by atoms with Gasteiger partial charge in [-0.1, -0.05) is 13.3 Å². The second kappa shape index (κ2) is 6.73. The van der Waals surface area contributed by atoms with Crippen molar-refractivity contribution < 1.29 is 9.53 Å². The van der Waals surface area contributed by atoms with Crippen LogP contribution in [0.3, 0.4) is 0 Å². The molecule has 1 amide bonds. The number of unbranched alkanes of at least 4 members (excludes halogenated alkanes) is 1. The van der Waals surface area contributed by atoms with Crippen molar-refractivity contribution in [3.8, 4) is 5.75 Å². The maximum absolute atomic E-state index is 11.9. The molecule has 1 aromatic rings. The number of methoxy groups -OCH3 is 1. The summed E-state index contributed by atoms with van der Waals surface area (Å²) in [4.78, 5) is 11.9. The molecule has 1 rings (SSSR count). The first-order chi connectivity index (χ1) is 7.69. The topological polar surface area (TPSA) is 38.3 Å². The van der Waals surface area contributed by atoms with E-state index in [9.17, 15) is 4.79 Å². The lowest BCUT2D eigenvalue weighted by Crippen LogP contribution is -2.24. The van der Waals surface area contributed by atoms with E-state index in [4.69, 9.17) is 4.74 Å². The van der Waals surface area contributed by atoms with Crippen LogP contribution >= 0.6 is 22.6 Å². The highest BCUT2D eigenvalue weighted by atomic mass is 127. The molecule has 4 heteroatoms. The third-order valence-electron chi connectivity index (χ3n) is 2.22. The Morgan fingerprint density at radius 1 is 1.50 bits per heavy atom. The molecule has 0 spiro atoms. The average molecular weight is 333 g/mol. The zero-order valence-corrected chi connectivity index (χ0v) is 11.7. The largest absolute Gasteiger partial charge is 0.496 e. The summed E-state index contributed by atoms with van der Waals surface area (Å²) in [5.74, 6) is 0.554. The van der Waals surface area contributed by atoms with E-state index in [2.05, 4.69) is 34.8 Å². The monoisotopic (exact) mass is 333 g/mol. The lowest BCUT2D eigenvalue weighted by Gasteiger charge is -2.09. The number of carbonyl (C=O) groups is 1. The zero-order chi connectivity index (χ0) is 12.0. The molecule has 0 heterocycles. The quantitative estimate of drug-likeness (QED) is 0.665. The summed E-state index contributed by atoms with van der Waals surface area (Å²) < 4.78 is 6.19. The summed E-state index contributed by atoms with van der Waals surface area (Å²) in [6, 6.07) is 5.57. The molecule has 88 valence electrons. The summed E-state index contributed by atoms with van der Waals surface area (Å²) in [6.45, 7) is 2.81. The van der Waals surface area contributed by atoms with E-state index >= 15 is 0 Å². The van der Waals surface area contributed by atoms with Gasteiger partial charge in [0.05, 0.1) is 12.7 Å². The maximum Gasteiger partial charge on any atom is 0.255 e. The van der Waals surface area contributed by atoms with Gasteiger partial charge >= 0.3 is 0 Å². The van der Waals surface area contributed by atoms with Crippen molar-refractivity contribution in [3.05, 3.63) is 27.3 Å². The van der Waals surface area contributed by atoms with E-state index in [0.29, 0.717) is 17.9 Å². The first kappa shape index (κ1) is 13.3. The summed E-state index contributed by atoms with van der Waals surface area (Å²) in [5, 5.41) is 2.88. The fourth-order valence-electron chi connectivity index (χ4n) is 1.33. The highest BCUT2D eigenvalue weighted by molar-refractivity contribution is 14.1. The van der Waals surface area contributed by atoms with Gasteiger partial charge in [0, 0.05) is 10.1 Å². The third kappa shape index (κ3) is 3.66. The molecular weight excluding hydrogens is 317 g/mol. The van der Waals surface area contributed by atoms with Crippen LogP contribution in [0, 0.1) is 3.57 Å². The smallest absolute Gasteiger partial charge is 0.255 e. The number of nitrogens with one attached hydrogen (secondary N) is 1. The molecule has 0 aromatic heterocycles. The van der Waals surface area contributed by atoms with Crippen molar-refractivity contribution in [3.63, 3.8) is 0 Å². The first-order valence-electron chi connectivity index (χ1n) is 5.30. The number of rotatable bonds is 5. The fraction of sp³-hybridized carbons (Fsp3) is 0.417. The van der Waals surface area contributed by atoms with E-state index in [1.807, 2.05) is 18.2 Å². The molecule has 0 fully saturated rings. The summed E-state index contributed by atoms with van der Waals surface area (Å²) in [6.07, 6.45) is 2.07. The predicted octanol–water partition coefficient (Wildman–Crippen LogP) is 2.83. The van der Waals surface area contributed by atoms with Crippen LogP contribution < -0.4 is 10.1 Å². The molecule has 0 radical (unpaired) electrons. The van der Waals surface area contributed by atoms with Gasteiger partial charge in [0.15, 0.2) is 0 Å². The van der Waals surface area contributed by atoms with Gasteiger partial charge in [-0.05, 0) is 47.2 Å². The van der Waals surface area contributed by atoms with E-state index in [0.717, 1.165) is 16.4 Å². The first-order valence-corrected chi connectivity index (χ1v) is 6.38. The van der Waals surface area contributed by atoms with Gasteiger partial charge < -0.3 is 10.1 Å². The standard InChI is InChI=1S/C12H16INO2/c1-3-4-7-14-12(15)10-8-9(13)5-6-11(10)16-2/h5-6,8H,3-4,7H2,1-2H3,(H,14,15). The summed E-state index contributed by atoms with van der Waals surface area (Å²) >= 11 is 2.18. The van der Waals surface area contributed by atoms with Crippen molar-refractivity contribution in [2.75, 3.05) is 13.7 Å². The third-order valence-corrected chi connectivity index (χ3v) is 2.89. The van der Waals surface area contributed by atoms with Gasteiger partial charge in [-0.15, -0.1) is 0 Å². The number of halogens is 1. The molecule has 3 nitrogen and oxygen atoms in total. The zero-order valence-electron chi connectivity index (χ0n) is 9.55. The van der Waals surface area contributed by atoms with E-state index in [1.54, 1.807) is 7.11 Å². The van der Waals surface area contributed by atoms with Crippen molar-refractivity contribution in [2.24, 2.45) is 0 Å². The Labute approximate surface area is 110 Å². The van der Waals surface area contributed by atoms with Crippen LogP contribution in [-0.4, -0.2) is 19.6 Å². The molecular formula is C12H16INO2. The normalized spacial score (nSPS) is 9.94. The van der Waals surface area contributed by atoms with Gasteiger partial charge in [-0.3, -0.25) is 4.79 Å². The van der Waals surface area contributed by atoms with Gasteiger partial charge in [0.1, 0.15) is 5.75 Å². The second-order valence-corrected chi connectivity index (χ2v) is 4.70. The lowest BCUT2D eigenvalue weighted by molar-refractivity contribution is 0.0950. The Kier molecular flexibility index (Phi) is 5.59. The van der Waals surface area contributed by atoms with Crippen LogP contribution in [0.2, 0.25) is 0 Å². The lowest BCUT2D eigenvalue weighted by atomic mass is 10.2. The van der Waals surface area contributed by atoms with Crippen molar-refractivity contribution in [2.45, 2.75) is 19.8 Å². The number of carbonyl (C=O) groups excluding carboxylic acids is 1. The minimum Gasteiger partial charge on any atom is -0.496 e. The minimum atomic E-state index is -0.0659. The van der Waals surface area contributed by atoms with Gasteiger partial charge in [0.2, 0.25) is 0 Å². The van der Waals surface area contributed by atoms with E-state index < -0.39 is 0 Å². The molecule has 0 unspecified atom stereocenters. The number of hydrogen-bond acceptors (Lipinski definition) is 2. The minimum absolute atomic E-state index is 0.0659. The molecule has 0 aliphatic heterocycles. The van der Waals surface area contributed by atoms with Gasteiger partial charge in [-0.2, -0.15) is 0 Å². The van der Waals surface area contributed by atoms with E-state index in [-0.39, 0.29) is 5.91 Å². The van der Waals surface area contributed by atoms with Crippen LogP contribution in [0.5, 0.6) is 5.75 Å². The molecule has 0 saturated heterocycles. The molecule has 0 aliphatic carbocycles. The molecule has 16 heavy (non-hydrogen) atoms. The predicted molar refractivity (Wildman–Crippen MR) is 73.0 cm³/mol. The van der Waals surface area contributed by atoms with Crippen molar-refractivity contribution >= 4 is 28.5 Å². The highest BCUT2D eigenvalue weighted by Gasteiger charge is 2.11. The van der Waals surface area contributed by atoms with Crippen LogP contribution in [-0.2, 0) is 0 Å². The molecule has 0 aliphatic rings. The van der Waals surface area contributed by atoms with E-state index in [1.165, 1.54) is 0 Å². The Morgan fingerprint density at radius 3 is 2.88 bits per heavy atom.